The topological polar surface area (TPSA) is 20.2 Å². The lowest BCUT2D eigenvalue weighted by atomic mass is 10.1. The highest BCUT2D eigenvalue weighted by atomic mass is 19.3. The van der Waals surface area contributed by atoms with Gasteiger partial charge in [-0.15, -0.1) is 0 Å². The minimum atomic E-state index is -2.83. The number of halogens is 2. The Morgan fingerprint density at radius 3 is 2.11 bits per heavy atom. The van der Waals surface area contributed by atoms with E-state index in [-0.39, 0.29) is 6.42 Å². The van der Waals surface area contributed by atoms with Crippen LogP contribution in [0.25, 0.3) is 0 Å². The minimum Gasteiger partial charge on any atom is -0.387 e. The monoisotopic (exact) mass is 136 g/mol. The fourth-order valence-corrected chi connectivity index (χ4v) is 1.12. The van der Waals surface area contributed by atoms with Crippen molar-refractivity contribution in [3.05, 3.63) is 0 Å². The molecule has 1 aliphatic rings. The first-order valence-corrected chi connectivity index (χ1v) is 3.11. The maximum Gasteiger partial charge on any atom is 0.275 e. The van der Waals surface area contributed by atoms with Crippen LogP contribution in [0.5, 0.6) is 0 Å². The first-order valence-electron chi connectivity index (χ1n) is 3.11. The van der Waals surface area contributed by atoms with Gasteiger partial charge in [-0.25, -0.2) is 8.78 Å². The maximum absolute atomic E-state index is 12.5. The fraction of sp³-hybridized carbons (Fsp3) is 1.00. The highest BCUT2D eigenvalue weighted by Gasteiger charge is 2.48. The number of hydrogen-bond acceptors (Lipinski definition) is 1. The molecule has 1 N–H and O–H groups in total. The molecule has 9 heavy (non-hydrogen) atoms. The van der Waals surface area contributed by atoms with Gasteiger partial charge in [-0.05, 0) is 12.8 Å². The van der Waals surface area contributed by atoms with E-state index in [1.165, 1.54) is 6.92 Å². The molecular formula is C6H10F2O. The third-order valence-corrected chi connectivity index (χ3v) is 1.97. The largest absolute Gasteiger partial charge is 0.387 e. The molecule has 0 spiro atoms. The van der Waals surface area contributed by atoms with Crippen molar-refractivity contribution >= 4 is 0 Å². The molecule has 1 rings (SSSR count). The minimum absolute atomic E-state index is 0.244. The highest BCUT2D eigenvalue weighted by Crippen LogP contribution is 2.39. The Balaban J connectivity index is 2.66. The van der Waals surface area contributed by atoms with Crippen molar-refractivity contribution < 1.29 is 13.9 Å². The summed E-state index contributed by atoms with van der Waals surface area (Å²) in [5.74, 6) is -3.48. The molecule has 0 aliphatic heterocycles. The van der Waals surface area contributed by atoms with Gasteiger partial charge in [0.25, 0.3) is 5.92 Å². The third kappa shape index (κ3) is 0.936. The van der Waals surface area contributed by atoms with Crippen LogP contribution in [0.3, 0.4) is 0 Å². The van der Waals surface area contributed by atoms with Gasteiger partial charge in [0.05, 0.1) is 0 Å². The second kappa shape index (κ2) is 1.90. The SMILES string of the molecule is C[C@H]1CC[C@@H](O)C1(F)F. The van der Waals surface area contributed by atoms with Crippen LogP contribution in [0.4, 0.5) is 8.78 Å². The molecule has 0 bridgehead atoms. The van der Waals surface area contributed by atoms with Crippen LogP contribution in [0, 0.1) is 5.92 Å². The zero-order chi connectivity index (χ0) is 7.07. The Hall–Kier alpha value is -0.180. The number of aliphatic hydroxyl groups excluding tert-OH is 1. The van der Waals surface area contributed by atoms with E-state index in [4.69, 9.17) is 5.11 Å². The predicted octanol–water partition coefficient (Wildman–Crippen LogP) is 1.41. The molecule has 0 amide bonds. The molecule has 2 atom stereocenters. The molecule has 1 aliphatic carbocycles. The summed E-state index contributed by atoms with van der Waals surface area (Å²) < 4.78 is 25.0. The second-order valence-corrected chi connectivity index (χ2v) is 2.67. The van der Waals surface area contributed by atoms with Gasteiger partial charge in [0.2, 0.25) is 0 Å². The summed E-state index contributed by atoms with van der Waals surface area (Å²) >= 11 is 0. The van der Waals surface area contributed by atoms with E-state index < -0.39 is 17.9 Å². The van der Waals surface area contributed by atoms with Crippen molar-refractivity contribution in [1.29, 1.82) is 0 Å². The Morgan fingerprint density at radius 1 is 1.44 bits per heavy atom. The van der Waals surface area contributed by atoms with Crippen molar-refractivity contribution in [3.63, 3.8) is 0 Å². The van der Waals surface area contributed by atoms with Gasteiger partial charge >= 0.3 is 0 Å². The van der Waals surface area contributed by atoms with E-state index in [9.17, 15) is 8.78 Å². The second-order valence-electron chi connectivity index (χ2n) is 2.67. The Labute approximate surface area is 52.7 Å². The third-order valence-electron chi connectivity index (χ3n) is 1.97. The fourth-order valence-electron chi connectivity index (χ4n) is 1.12. The molecular weight excluding hydrogens is 126 g/mol. The molecule has 0 aromatic rings. The van der Waals surface area contributed by atoms with Crippen LogP contribution in [0.15, 0.2) is 0 Å². The number of rotatable bonds is 0. The Bertz CT molecular complexity index is 102. The zero-order valence-corrected chi connectivity index (χ0v) is 5.27. The van der Waals surface area contributed by atoms with Crippen molar-refractivity contribution in [2.24, 2.45) is 5.92 Å². The summed E-state index contributed by atoms with van der Waals surface area (Å²) in [5, 5.41) is 8.68. The van der Waals surface area contributed by atoms with Crippen molar-refractivity contribution in [1.82, 2.24) is 0 Å². The predicted molar refractivity (Wildman–Crippen MR) is 29.4 cm³/mol. The average Bonchev–Trinajstić information content (AvgIpc) is 1.96. The van der Waals surface area contributed by atoms with E-state index in [1.807, 2.05) is 0 Å². The van der Waals surface area contributed by atoms with E-state index >= 15 is 0 Å². The number of hydrogen-bond donors (Lipinski definition) is 1. The van der Waals surface area contributed by atoms with E-state index in [0.29, 0.717) is 6.42 Å². The molecule has 0 unspecified atom stereocenters. The zero-order valence-electron chi connectivity index (χ0n) is 5.27. The van der Waals surface area contributed by atoms with Crippen LogP contribution in [0.2, 0.25) is 0 Å². The van der Waals surface area contributed by atoms with Gasteiger partial charge < -0.3 is 5.11 Å². The van der Waals surface area contributed by atoms with Crippen LogP contribution in [-0.2, 0) is 0 Å². The lowest BCUT2D eigenvalue weighted by Crippen LogP contribution is -2.31. The average molecular weight is 136 g/mol. The number of alkyl halides is 2. The van der Waals surface area contributed by atoms with E-state index in [0.717, 1.165) is 0 Å². The molecule has 0 aromatic heterocycles. The summed E-state index contributed by atoms with van der Waals surface area (Å²) in [6, 6.07) is 0. The van der Waals surface area contributed by atoms with Crippen LogP contribution in [-0.4, -0.2) is 17.1 Å². The Kier molecular flexibility index (Phi) is 1.47. The highest BCUT2D eigenvalue weighted by molar-refractivity contribution is 4.88. The van der Waals surface area contributed by atoms with Crippen molar-refractivity contribution in [2.45, 2.75) is 31.8 Å². The van der Waals surface area contributed by atoms with Gasteiger partial charge in [-0.3, -0.25) is 0 Å². The summed E-state index contributed by atoms with van der Waals surface area (Å²) in [4.78, 5) is 0. The quantitative estimate of drug-likeness (QED) is 0.533. The molecule has 3 heteroatoms. The molecule has 0 aromatic carbocycles. The smallest absolute Gasteiger partial charge is 0.275 e. The van der Waals surface area contributed by atoms with Crippen molar-refractivity contribution in [2.75, 3.05) is 0 Å². The lowest BCUT2D eigenvalue weighted by molar-refractivity contribution is -0.111. The molecule has 0 saturated heterocycles. The van der Waals surface area contributed by atoms with Crippen LogP contribution in [0.1, 0.15) is 19.8 Å². The van der Waals surface area contributed by atoms with E-state index in [2.05, 4.69) is 0 Å². The van der Waals surface area contributed by atoms with Gasteiger partial charge in [-0.1, -0.05) is 6.92 Å². The first kappa shape index (κ1) is 6.93. The Morgan fingerprint density at radius 2 is 2.00 bits per heavy atom. The van der Waals surface area contributed by atoms with Gasteiger partial charge in [0.1, 0.15) is 6.10 Å². The summed E-state index contributed by atoms with van der Waals surface area (Å²) in [6.45, 7) is 1.47. The molecule has 1 saturated carbocycles. The summed E-state index contributed by atoms with van der Waals surface area (Å²) in [6.07, 6.45) is -0.713. The summed E-state index contributed by atoms with van der Waals surface area (Å²) in [7, 11) is 0. The number of aliphatic hydroxyl groups is 1. The van der Waals surface area contributed by atoms with Gasteiger partial charge in [0.15, 0.2) is 0 Å². The molecule has 0 radical (unpaired) electrons. The van der Waals surface area contributed by atoms with Gasteiger partial charge in [-0.2, -0.15) is 0 Å². The molecule has 1 nitrogen and oxygen atoms in total. The molecule has 54 valence electrons. The van der Waals surface area contributed by atoms with Crippen LogP contribution < -0.4 is 0 Å². The van der Waals surface area contributed by atoms with Crippen molar-refractivity contribution in [3.8, 4) is 0 Å². The van der Waals surface area contributed by atoms with Gasteiger partial charge in [0, 0.05) is 5.92 Å². The van der Waals surface area contributed by atoms with E-state index in [1.54, 1.807) is 0 Å². The molecule has 1 fully saturated rings. The normalized spacial score (nSPS) is 41.3. The first-order chi connectivity index (χ1) is 4.05. The molecule has 0 heterocycles. The van der Waals surface area contributed by atoms with Crippen LogP contribution >= 0.6 is 0 Å². The lowest BCUT2D eigenvalue weighted by Gasteiger charge is -2.17. The summed E-state index contributed by atoms with van der Waals surface area (Å²) in [5.41, 5.74) is 0. The maximum atomic E-state index is 12.5. The standard InChI is InChI=1S/C6H10F2O/c1-4-2-3-5(9)6(4,7)8/h4-5,9H,2-3H2,1H3/t4-,5+/m0/s1.